The molecule has 0 amide bonds. The average molecular weight is 679 g/mol. The molecule has 0 N–H and O–H groups in total. The van der Waals surface area contributed by atoms with Gasteiger partial charge in [-0.1, -0.05) is 76.2 Å². The van der Waals surface area contributed by atoms with E-state index in [0.29, 0.717) is 0 Å². The zero-order valence-corrected chi connectivity index (χ0v) is 32.9. The smallest absolute Gasteiger partial charge is 0.120 e. The van der Waals surface area contributed by atoms with Gasteiger partial charge in [-0.2, -0.15) is 0 Å². The SMILES string of the molecule is CCC(C)(C)Oc1ccc(C(c2ccc(OC(C)(C)CC)cc2)C(c2ccc(OC(C)(C)CC)cc2)c2ccc(OC(C)(C)CC)cc2)cc1. The Morgan fingerprint density at radius 2 is 0.480 bits per heavy atom. The summed E-state index contributed by atoms with van der Waals surface area (Å²) in [5, 5.41) is 0. The highest BCUT2D eigenvalue weighted by Gasteiger charge is 2.30. The van der Waals surface area contributed by atoms with E-state index in [4.69, 9.17) is 18.9 Å². The fourth-order valence-electron chi connectivity index (χ4n) is 5.69. The summed E-state index contributed by atoms with van der Waals surface area (Å²) in [5.74, 6) is 3.49. The fourth-order valence-corrected chi connectivity index (χ4v) is 5.69. The molecule has 0 bridgehead atoms. The quantitative estimate of drug-likeness (QED) is 0.111. The normalized spacial score (nSPS) is 12.7. The van der Waals surface area contributed by atoms with Crippen molar-refractivity contribution in [3.63, 3.8) is 0 Å². The highest BCUT2D eigenvalue weighted by Crippen LogP contribution is 2.45. The van der Waals surface area contributed by atoms with Gasteiger partial charge in [0.25, 0.3) is 0 Å². The summed E-state index contributed by atoms with van der Waals surface area (Å²) in [4.78, 5) is 0. The van der Waals surface area contributed by atoms with Crippen molar-refractivity contribution in [2.24, 2.45) is 0 Å². The number of hydrogen-bond acceptors (Lipinski definition) is 4. The van der Waals surface area contributed by atoms with Crippen molar-refractivity contribution in [1.82, 2.24) is 0 Å². The molecule has 0 aliphatic carbocycles. The monoisotopic (exact) mass is 678 g/mol. The van der Waals surface area contributed by atoms with E-state index in [-0.39, 0.29) is 34.2 Å². The topological polar surface area (TPSA) is 36.9 Å². The molecule has 270 valence electrons. The van der Waals surface area contributed by atoms with Gasteiger partial charge in [-0.25, -0.2) is 0 Å². The first kappa shape index (κ1) is 38.9. The lowest BCUT2D eigenvalue weighted by Gasteiger charge is -2.31. The molecule has 4 aromatic rings. The van der Waals surface area contributed by atoms with E-state index < -0.39 is 0 Å². The largest absolute Gasteiger partial charge is 0.488 e. The molecular weight excluding hydrogens is 617 g/mol. The molecule has 0 unspecified atom stereocenters. The summed E-state index contributed by atoms with van der Waals surface area (Å²) in [6.45, 7) is 25.7. The number of rotatable bonds is 17. The van der Waals surface area contributed by atoms with Crippen LogP contribution in [-0.2, 0) is 0 Å². The van der Waals surface area contributed by atoms with Gasteiger partial charge in [0.1, 0.15) is 45.4 Å². The molecule has 0 heterocycles. The van der Waals surface area contributed by atoms with Gasteiger partial charge in [-0.05, 0) is 152 Å². The summed E-state index contributed by atoms with van der Waals surface area (Å²) >= 11 is 0. The van der Waals surface area contributed by atoms with Crippen molar-refractivity contribution in [3.05, 3.63) is 119 Å². The predicted molar refractivity (Wildman–Crippen MR) is 209 cm³/mol. The highest BCUT2D eigenvalue weighted by atomic mass is 16.5. The Bertz CT molecular complexity index is 1360. The van der Waals surface area contributed by atoms with Crippen LogP contribution in [0.25, 0.3) is 0 Å². The second-order valence-corrected chi connectivity index (χ2v) is 16.1. The second-order valence-electron chi connectivity index (χ2n) is 16.1. The maximum Gasteiger partial charge on any atom is 0.120 e. The Hall–Kier alpha value is -3.92. The molecule has 0 aliphatic rings. The minimum absolute atomic E-state index is 0.00540. The van der Waals surface area contributed by atoms with E-state index in [1.165, 1.54) is 22.3 Å². The lowest BCUT2D eigenvalue weighted by atomic mass is 9.73. The molecule has 0 aliphatic heterocycles. The van der Waals surface area contributed by atoms with E-state index in [1.807, 2.05) is 0 Å². The molecule has 0 atom stereocenters. The van der Waals surface area contributed by atoms with Gasteiger partial charge >= 0.3 is 0 Å². The number of benzene rings is 4. The molecule has 4 heteroatoms. The molecule has 50 heavy (non-hydrogen) atoms. The molecule has 0 aromatic heterocycles. The molecule has 0 saturated carbocycles. The molecule has 0 fully saturated rings. The van der Waals surface area contributed by atoms with Crippen LogP contribution in [0.3, 0.4) is 0 Å². The Morgan fingerprint density at radius 1 is 0.320 bits per heavy atom. The van der Waals surface area contributed by atoms with Crippen molar-refractivity contribution in [3.8, 4) is 23.0 Å². The van der Waals surface area contributed by atoms with Crippen LogP contribution in [0, 0.1) is 0 Å². The third-order valence-electron chi connectivity index (χ3n) is 10.3. The van der Waals surface area contributed by atoms with Crippen molar-refractivity contribution in [2.75, 3.05) is 0 Å². The third-order valence-corrected chi connectivity index (χ3v) is 10.3. The summed E-state index contributed by atoms with van der Waals surface area (Å²) in [5.41, 5.74) is 3.88. The van der Waals surface area contributed by atoms with Crippen LogP contribution < -0.4 is 18.9 Å². The zero-order chi connectivity index (χ0) is 36.7. The van der Waals surface area contributed by atoms with Crippen LogP contribution in [0.2, 0.25) is 0 Å². The van der Waals surface area contributed by atoms with Gasteiger partial charge in [0.15, 0.2) is 0 Å². The summed E-state index contributed by atoms with van der Waals surface area (Å²) in [6.07, 6.45) is 3.69. The van der Waals surface area contributed by atoms with Gasteiger partial charge in [0, 0.05) is 11.8 Å². The lowest BCUT2D eigenvalue weighted by molar-refractivity contribution is 0.105. The van der Waals surface area contributed by atoms with Gasteiger partial charge < -0.3 is 18.9 Å². The Balaban J connectivity index is 1.87. The van der Waals surface area contributed by atoms with Gasteiger partial charge in [0.2, 0.25) is 0 Å². The van der Waals surface area contributed by atoms with E-state index in [1.54, 1.807) is 0 Å². The first-order valence-corrected chi connectivity index (χ1v) is 18.6. The van der Waals surface area contributed by atoms with Crippen LogP contribution in [0.1, 0.15) is 143 Å². The minimum atomic E-state index is -0.238. The van der Waals surface area contributed by atoms with Crippen molar-refractivity contribution < 1.29 is 18.9 Å². The Kier molecular flexibility index (Phi) is 12.4. The maximum atomic E-state index is 6.37. The number of ether oxygens (including phenoxy) is 4. The van der Waals surface area contributed by atoms with Gasteiger partial charge in [-0.3, -0.25) is 0 Å². The molecule has 0 saturated heterocycles. The number of hydrogen-bond donors (Lipinski definition) is 0. The Labute approximate surface area is 303 Å². The van der Waals surface area contributed by atoms with Crippen LogP contribution in [-0.4, -0.2) is 22.4 Å². The van der Waals surface area contributed by atoms with Crippen molar-refractivity contribution >= 4 is 0 Å². The van der Waals surface area contributed by atoms with E-state index in [0.717, 1.165) is 48.7 Å². The van der Waals surface area contributed by atoms with Crippen LogP contribution in [0.15, 0.2) is 97.1 Å². The lowest BCUT2D eigenvalue weighted by Crippen LogP contribution is -2.27. The average Bonchev–Trinajstić information content (AvgIpc) is 3.08. The van der Waals surface area contributed by atoms with E-state index in [9.17, 15) is 0 Å². The highest BCUT2D eigenvalue weighted by molar-refractivity contribution is 5.48. The fraction of sp³-hybridized carbons (Fsp3) is 0.478. The molecule has 4 nitrogen and oxygen atoms in total. The van der Waals surface area contributed by atoms with Crippen molar-refractivity contribution in [1.29, 1.82) is 0 Å². The minimum Gasteiger partial charge on any atom is -0.488 e. The Morgan fingerprint density at radius 3 is 0.620 bits per heavy atom. The zero-order valence-electron chi connectivity index (χ0n) is 32.9. The summed E-state index contributed by atoms with van der Waals surface area (Å²) in [6, 6.07) is 34.8. The summed E-state index contributed by atoms with van der Waals surface area (Å²) in [7, 11) is 0. The molecule has 4 aromatic carbocycles. The molecule has 4 rings (SSSR count). The first-order valence-electron chi connectivity index (χ1n) is 18.6. The second kappa shape index (κ2) is 16.0. The standard InChI is InChI=1S/C46H62O4/c1-13-43(5,6)47-37-25-17-33(18-26-37)41(34-19-27-38(28-20-34)48-44(7,8)14-2)42(35-21-29-39(30-22-35)49-45(9,10)15-3)36-23-31-40(32-24-36)50-46(11,12)16-4/h17-32,41-42H,13-16H2,1-12H3. The van der Waals surface area contributed by atoms with Gasteiger partial charge in [0.05, 0.1) is 0 Å². The molecular formula is C46H62O4. The third kappa shape index (κ3) is 10.5. The first-order chi connectivity index (χ1) is 23.5. The molecule has 0 spiro atoms. The van der Waals surface area contributed by atoms with Crippen LogP contribution in [0.4, 0.5) is 0 Å². The van der Waals surface area contributed by atoms with Crippen molar-refractivity contribution in [2.45, 2.75) is 143 Å². The predicted octanol–water partition coefficient (Wildman–Crippen LogP) is 12.9. The molecule has 0 radical (unpaired) electrons. The van der Waals surface area contributed by atoms with Gasteiger partial charge in [-0.15, -0.1) is 0 Å². The van der Waals surface area contributed by atoms with E-state index >= 15 is 0 Å². The van der Waals surface area contributed by atoms with Crippen LogP contribution in [0.5, 0.6) is 23.0 Å². The summed E-state index contributed by atoms with van der Waals surface area (Å²) < 4.78 is 25.5. The van der Waals surface area contributed by atoms with Crippen LogP contribution >= 0.6 is 0 Å². The maximum absolute atomic E-state index is 6.37. The van der Waals surface area contributed by atoms with E-state index in [2.05, 4.69) is 180 Å².